The summed E-state index contributed by atoms with van der Waals surface area (Å²) in [6.45, 7) is 0. The molecule has 0 fully saturated rings. The molecule has 0 aliphatic heterocycles. The second-order valence-electron chi connectivity index (χ2n) is 4.67. The average molecular weight is 355 g/mol. The van der Waals surface area contributed by atoms with Gasteiger partial charge in [0, 0.05) is 17.0 Å². The molecule has 2 aromatic carbocycles. The standard InChI is InChI=1S/C15H12ClFN4O.ClH/c1-22-13-6-12-8(5-11(13)18)14(21-15(19)20-12)7-2-3-10(17)9(16)4-7;/h2-6H,18H2,1H3,(H2,19,20,21);1H. The Kier molecular flexibility index (Phi) is 4.77. The minimum absolute atomic E-state index is 0. The molecule has 0 aliphatic carbocycles. The average Bonchev–Trinajstić information content (AvgIpc) is 2.49. The van der Waals surface area contributed by atoms with E-state index in [4.69, 9.17) is 27.8 Å². The number of benzene rings is 2. The van der Waals surface area contributed by atoms with Gasteiger partial charge in [0.15, 0.2) is 0 Å². The summed E-state index contributed by atoms with van der Waals surface area (Å²) in [5, 5.41) is 0.680. The van der Waals surface area contributed by atoms with Crippen LogP contribution in [0.25, 0.3) is 22.2 Å². The summed E-state index contributed by atoms with van der Waals surface area (Å²) in [5.41, 5.74) is 13.9. The third kappa shape index (κ3) is 3.09. The molecule has 1 heterocycles. The zero-order chi connectivity index (χ0) is 15.9. The van der Waals surface area contributed by atoms with Crippen molar-refractivity contribution in [1.82, 2.24) is 9.97 Å². The van der Waals surface area contributed by atoms with Crippen LogP contribution in [0, 0.1) is 5.82 Å². The van der Waals surface area contributed by atoms with E-state index in [2.05, 4.69) is 9.97 Å². The van der Waals surface area contributed by atoms with E-state index >= 15 is 0 Å². The Morgan fingerprint density at radius 3 is 2.52 bits per heavy atom. The molecule has 8 heteroatoms. The highest BCUT2D eigenvalue weighted by molar-refractivity contribution is 6.31. The Morgan fingerprint density at radius 2 is 1.87 bits per heavy atom. The van der Waals surface area contributed by atoms with Gasteiger partial charge in [0.2, 0.25) is 5.95 Å². The molecule has 0 amide bonds. The molecule has 0 saturated heterocycles. The van der Waals surface area contributed by atoms with Gasteiger partial charge in [0.1, 0.15) is 11.6 Å². The van der Waals surface area contributed by atoms with Gasteiger partial charge >= 0.3 is 0 Å². The lowest BCUT2D eigenvalue weighted by atomic mass is 10.1. The molecule has 0 spiro atoms. The van der Waals surface area contributed by atoms with E-state index in [9.17, 15) is 4.39 Å². The van der Waals surface area contributed by atoms with Gasteiger partial charge in [-0.3, -0.25) is 0 Å². The first-order valence-corrected chi connectivity index (χ1v) is 6.73. The van der Waals surface area contributed by atoms with E-state index in [1.54, 1.807) is 18.2 Å². The molecular formula is C15H13Cl2FN4O. The first kappa shape index (κ1) is 17.1. The number of halogens is 3. The second kappa shape index (κ2) is 6.44. The van der Waals surface area contributed by atoms with Gasteiger partial charge in [-0.05, 0) is 24.3 Å². The summed E-state index contributed by atoms with van der Waals surface area (Å²) in [5.74, 6) is 0.0846. The zero-order valence-corrected chi connectivity index (χ0v) is 13.6. The lowest BCUT2D eigenvalue weighted by Gasteiger charge is -2.11. The predicted octanol–water partition coefficient (Wildman–Crippen LogP) is 3.68. The Bertz CT molecular complexity index is 889. The van der Waals surface area contributed by atoms with E-state index in [1.165, 1.54) is 19.2 Å². The molecule has 0 saturated carbocycles. The molecule has 23 heavy (non-hydrogen) atoms. The van der Waals surface area contributed by atoms with Crippen molar-refractivity contribution in [2.75, 3.05) is 18.6 Å². The molecule has 0 atom stereocenters. The molecule has 3 rings (SSSR count). The normalized spacial score (nSPS) is 10.4. The number of ether oxygens (including phenoxy) is 1. The lowest BCUT2D eigenvalue weighted by Crippen LogP contribution is -2.00. The van der Waals surface area contributed by atoms with Crippen molar-refractivity contribution in [3.63, 3.8) is 0 Å². The van der Waals surface area contributed by atoms with Crippen LogP contribution in [0.3, 0.4) is 0 Å². The number of anilines is 2. The maximum Gasteiger partial charge on any atom is 0.221 e. The summed E-state index contributed by atoms with van der Waals surface area (Å²) in [7, 11) is 1.52. The fourth-order valence-electron chi connectivity index (χ4n) is 2.23. The molecule has 120 valence electrons. The van der Waals surface area contributed by atoms with Crippen LogP contribution in [0.4, 0.5) is 16.0 Å². The molecule has 0 unspecified atom stereocenters. The topological polar surface area (TPSA) is 87.0 Å². The lowest BCUT2D eigenvalue weighted by molar-refractivity contribution is 0.417. The number of nitrogens with zero attached hydrogens (tertiary/aromatic N) is 2. The van der Waals surface area contributed by atoms with E-state index in [1.807, 2.05) is 0 Å². The molecular weight excluding hydrogens is 342 g/mol. The minimum atomic E-state index is -0.502. The molecule has 4 N–H and O–H groups in total. The van der Waals surface area contributed by atoms with Crippen molar-refractivity contribution < 1.29 is 9.13 Å². The maximum atomic E-state index is 13.3. The smallest absolute Gasteiger partial charge is 0.221 e. The van der Waals surface area contributed by atoms with Gasteiger partial charge in [-0.25, -0.2) is 14.4 Å². The summed E-state index contributed by atoms with van der Waals surface area (Å²) < 4.78 is 18.5. The van der Waals surface area contributed by atoms with Gasteiger partial charge in [-0.2, -0.15) is 0 Å². The number of fused-ring (bicyclic) bond motifs is 1. The summed E-state index contributed by atoms with van der Waals surface area (Å²) >= 11 is 5.84. The highest BCUT2D eigenvalue weighted by atomic mass is 35.5. The van der Waals surface area contributed by atoms with Crippen molar-refractivity contribution in [1.29, 1.82) is 0 Å². The van der Waals surface area contributed by atoms with Gasteiger partial charge < -0.3 is 16.2 Å². The van der Waals surface area contributed by atoms with Crippen LogP contribution in [0.15, 0.2) is 30.3 Å². The third-order valence-electron chi connectivity index (χ3n) is 3.26. The van der Waals surface area contributed by atoms with Crippen molar-refractivity contribution in [3.8, 4) is 17.0 Å². The van der Waals surface area contributed by atoms with Crippen molar-refractivity contribution in [2.45, 2.75) is 0 Å². The van der Waals surface area contributed by atoms with E-state index in [0.29, 0.717) is 33.6 Å². The Balaban J connectivity index is 0.00000192. The molecule has 5 nitrogen and oxygen atoms in total. The van der Waals surface area contributed by atoms with Crippen LogP contribution in [0.5, 0.6) is 5.75 Å². The highest BCUT2D eigenvalue weighted by Gasteiger charge is 2.13. The molecule has 0 radical (unpaired) electrons. The number of rotatable bonds is 2. The summed E-state index contributed by atoms with van der Waals surface area (Å²) in [6.07, 6.45) is 0. The monoisotopic (exact) mass is 354 g/mol. The first-order chi connectivity index (χ1) is 10.5. The van der Waals surface area contributed by atoms with Crippen LogP contribution in [0.1, 0.15) is 0 Å². The highest BCUT2D eigenvalue weighted by Crippen LogP contribution is 2.34. The zero-order valence-electron chi connectivity index (χ0n) is 12.0. The van der Waals surface area contributed by atoms with E-state index < -0.39 is 5.82 Å². The third-order valence-corrected chi connectivity index (χ3v) is 3.55. The fourth-order valence-corrected chi connectivity index (χ4v) is 2.41. The SMILES string of the molecule is COc1cc2nc(N)nc(-c3ccc(F)c(Cl)c3)c2cc1N.Cl. The van der Waals surface area contributed by atoms with Crippen LogP contribution >= 0.6 is 24.0 Å². The largest absolute Gasteiger partial charge is 0.495 e. The number of nitrogen functional groups attached to an aromatic ring is 2. The quantitative estimate of drug-likeness (QED) is 0.685. The van der Waals surface area contributed by atoms with Gasteiger partial charge in [0.05, 0.1) is 29.0 Å². The predicted molar refractivity (Wildman–Crippen MR) is 92.6 cm³/mol. The summed E-state index contributed by atoms with van der Waals surface area (Å²) in [6, 6.07) is 7.70. The maximum absolute atomic E-state index is 13.3. The second-order valence-corrected chi connectivity index (χ2v) is 5.08. The van der Waals surface area contributed by atoms with E-state index in [-0.39, 0.29) is 23.4 Å². The van der Waals surface area contributed by atoms with Crippen molar-refractivity contribution in [3.05, 3.63) is 41.2 Å². The number of aromatic nitrogens is 2. The molecule has 1 aromatic heterocycles. The Morgan fingerprint density at radius 1 is 1.13 bits per heavy atom. The van der Waals surface area contributed by atoms with Crippen LogP contribution in [-0.4, -0.2) is 17.1 Å². The van der Waals surface area contributed by atoms with Gasteiger partial charge in [-0.1, -0.05) is 11.6 Å². The number of methoxy groups -OCH3 is 1. The minimum Gasteiger partial charge on any atom is -0.495 e. The van der Waals surface area contributed by atoms with Crippen molar-refractivity contribution in [2.24, 2.45) is 0 Å². The fraction of sp³-hybridized carbons (Fsp3) is 0.0667. The molecule has 0 bridgehead atoms. The van der Waals surface area contributed by atoms with Gasteiger partial charge in [-0.15, -0.1) is 12.4 Å². The van der Waals surface area contributed by atoms with Crippen LogP contribution < -0.4 is 16.2 Å². The first-order valence-electron chi connectivity index (χ1n) is 6.35. The Hall–Kier alpha value is -2.31. The number of nitrogens with two attached hydrogens (primary N) is 2. The number of hydrogen-bond donors (Lipinski definition) is 2. The van der Waals surface area contributed by atoms with Crippen LogP contribution in [-0.2, 0) is 0 Å². The molecule has 0 aliphatic rings. The summed E-state index contributed by atoms with van der Waals surface area (Å²) in [4.78, 5) is 8.40. The number of hydrogen-bond acceptors (Lipinski definition) is 5. The van der Waals surface area contributed by atoms with E-state index in [0.717, 1.165) is 0 Å². The molecule has 3 aromatic rings. The Labute approximate surface area is 142 Å². The van der Waals surface area contributed by atoms with Gasteiger partial charge in [0.25, 0.3) is 0 Å². The van der Waals surface area contributed by atoms with Crippen LogP contribution in [0.2, 0.25) is 5.02 Å². The van der Waals surface area contributed by atoms with Crippen molar-refractivity contribution >= 4 is 46.5 Å².